The maximum Gasteiger partial charge on any atom is 0.272 e. The number of aryl methyl sites for hydroxylation is 1. The molecule has 5 rings (SSSR count). The lowest BCUT2D eigenvalue weighted by molar-refractivity contribution is 0.0737. The molecule has 2 aromatic heterocycles. The summed E-state index contributed by atoms with van der Waals surface area (Å²) in [4.78, 5) is 17.7. The average Bonchev–Trinajstić information content (AvgIpc) is 3.47. The van der Waals surface area contributed by atoms with Crippen molar-refractivity contribution in [2.45, 2.75) is 6.92 Å². The lowest BCUT2D eigenvalue weighted by Crippen LogP contribution is -2.49. The van der Waals surface area contributed by atoms with Crippen molar-refractivity contribution in [3.8, 4) is 17.1 Å². The lowest BCUT2D eigenvalue weighted by Gasteiger charge is -2.36. The van der Waals surface area contributed by atoms with Crippen LogP contribution in [0.5, 0.6) is 0 Å². The lowest BCUT2D eigenvalue weighted by atomic mass is 10.2. The molecule has 1 aliphatic heterocycles. The molecule has 0 radical (unpaired) electrons. The number of nitrogens with zero attached hydrogens (tertiary/aromatic N) is 4. The van der Waals surface area contributed by atoms with Gasteiger partial charge in [0, 0.05) is 43.0 Å². The highest BCUT2D eigenvalue weighted by Crippen LogP contribution is 2.29. The van der Waals surface area contributed by atoms with E-state index in [0.717, 1.165) is 11.4 Å². The first-order valence-corrected chi connectivity index (χ1v) is 11.9. The van der Waals surface area contributed by atoms with E-state index >= 15 is 0 Å². The molecule has 4 aromatic rings. The second-order valence-corrected chi connectivity index (χ2v) is 9.35. The number of furan rings is 1. The van der Waals surface area contributed by atoms with Gasteiger partial charge in [-0.1, -0.05) is 40.9 Å². The van der Waals surface area contributed by atoms with Crippen molar-refractivity contribution in [2.75, 3.05) is 31.1 Å². The third-order valence-corrected chi connectivity index (χ3v) is 6.78. The number of aromatic nitrogens is 2. The van der Waals surface area contributed by atoms with E-state index in [1.165, 1.54) is 0 Å². The molecule has 6 nitrogen and oxygen atoms in total. The molecule has 0 spiro atoms. The first-order valence-electron chi connectivity index (χ1n) is 10.8. The predicted molar refractivity (Wildman–Crippen MR) is 136 cm³/mol. The average molecular weight is 516 g/mol. The van der Waals surface area contributed by atoms with Gasteiger partial charge in [-0.25, -0.2) is 4.68 Å². The number of carbonyl (C=O) groups excluding carboxylic acids is 1. The largest absolute Gasteiger partial charge is 0.460 e. The van der Waals surface area contributed by atoms with Crippen LogP contribution in [0.3, 0.4) is 0 Å². The minimum Gasteiger partial charge on any atom is -0.460 e. The van der Waals surface area contributed by atoms with Crippen molar-refractivity contribution in [1.82, 2.24) is 14.7 Å². The Morgan fingerprint density at radius 3 is 2.35 bits per heavy atom. The standard InChI is InChI=1S/C25H21Cl3N4O2/c1-16-5-8-24(34-16)22-15-23(32(29-22)19-6-7-20(27)21(28)14-19)25(33)31-11-9-30(10-12-31)18-4-2-3-17(26)13-18/h2-8,13-15H,9-12H2,1H3. The molecule has 0 N–H and O–H groups in total. The van der Waals surface area contributed by atoms with E-state index in [-0.39, 0.29) is 5.91 Å². The van der Waals surface area contributed by atoms with Crippen molar-refractivity contribution in [3.05, 3.63) is 87.2 Å². The summed E-state index contributed by atoms with van der Waals surface area (Å²) < 4.78 is 7.35. The third-order valence-electron chi connectivity index (χ3n) is 5.81. The van der Waals surface area contributed by atoms with Gasteiger partial charge >= 0.3 is 0 Å². The summed E-state index contributed by atoms with van der Waals surface area (Å²) in [5.41, 5.74) is 2.69. The highest BCUT2D eigenvalue weighted by molar-refractivity contribution is 6.42. The van der Waals surface area contributed by atoms with Gasteiger partial charge in [-0.3, -0.25) is 4.79 Å². The van der Waals surface area contributed by atoms with Gasteiger partial charge in [0.15, 0.2) is 5.76 Å². The fourth-order valence-electron chi connectivity index (χ4n) is 4.04. The van der Waals surface area contributed by atoms with E-state index in [4.69, 9.17) is 39.2 Å². The Hall–Kier alpha value is -2.93. The Morgan fingerprint density at radius 1 is 0.882 bits per heavy atom. The van der Waals surface area contributed by atoms with Crippen LogP contribution in [0.4, 0.5) is 5.69 Å². The van der Waals surface area contributed by atoms with Gasteiger partial charge in [0.25, 0.3) is 5.91 Å². The summed E-state index contributed by atoms with van der Waals surface area (Å²) in [5.74, 6) is 1.25. The summed E-state index contributed by atoms with van der Waals surface area (Å²) in [7, 11) is 0. The fourth-order valence-corrected chi connectivity index (χ4v) is 4.52. The Labute approximate surface area is 212 Å². The first kappa shape index (κ1) is 22.8. The van der Waals surface area contributed by atoms with Gasteiger partial charge in [-0.2, -0.15) is 5.10 Å². The summed E-state index contributed by atoms with van der Waals surface area (Å²) in [6, 6.07) is 18.4. The van der Waals surface area contributed by atoms with E-state index in [1.807, 2.05) is 48.2 Å². The Bertz CT molecular complexity index is 1360. The highest BCUT2D eigenvalue weighted by Gasteiger charge is 2.27. The molecule has 1 amide bonds. The summed E-state index contributed by atoms with van der Waals surface area (Å²) >= 11 is 18.5. The number of hydrogen-bond acceptors (Lipinski definition) is 4. The van der Waals surface area contributed by atoms with Crippen LogP contribution in [-0.2, 0) is 0 Å². The van der Waals surface area contributed by atoms with Crippen LogP contribution < -0.4 is 4.90 Å². The van der Waals surface area contributed by atoms with Crippen molar-refractivity contribution in [1.29, 1.82) is 0 Å². The number of hydrogen-bond donors (Lipinski definition) is 0. The topological polar surface area (TPSA) is 54.5 Å². The highest BCUT2D eigenvalue weighted by atomic mass is 35.5. The molecule has 174 valence electrons. The first-order chi connectivity index (χ1) is 16.4. The molecule has 1 saturated heterocycles. The van der Waals surface area contributed by atoms with Crippen LogP contribution in [0.15, 0.2) is 65.1 Å². The van der Waals surface area contributed by atoms with Gasteiger partial charge < -0.3 is 14.2 Å². The van der Waals surface area contributed by atoms with Crippen molar-refractivity contribution < 1.29 is 9.21 Å². The van der Waals surface area contributed by atoms with E-state index in [1.54, 1.807) is 28.9 Å². The van der Waals surface area contributed by atoms with E-state index in [9.17, 15) is 4.79 Å². The molecule has 9 heteroatoms. The molecular formula is C25H21Cl3N4O2. The Kier molecular flexibility index (Phi) is 6.30. The summed E-state index contributed by atoms with van der Waals surface area (Å²) in [5, 5.41) is 6.19. The Morgan fingerprint density at radius 2 is 1.68 bits per heavy atom. The number of rotatable bonds is 4. The predicted octanol–water partition coefficient (Wildman–Crippen LogP) is 6.36. The number of anilines is 1. The molecule has 1 fully saturated rings. The van der Waals surface area contributed by atoms with Gasteiger partial charge in [0.2, 0.25) is 0 Å². The zero-order valence-electron chi connectivity index (χ0n) is 18.3. The van der Waals surface area contributed by atoms with E-state index < -0.39 is 0 Å². The number of piperazine rings is 1. The normalized spacial score (nSPS) is 14.0. The number of amides is 1. The molecule has 0 unspecified atom stereocenters. The number of benzene rings is 2. The minimum absolute atomic E-state index is 0.112. The molecule has 0 saturated carbocycles. The zero-order chi connectivity index (χ0) is 23.8. The SMILES string of the molecule is Cc1ccc(-c2cc(C(=O)N3CCN(c4cccc(Cl)c4)CC3)n(-c3ccc(Cl)c(Cl)c3)n2)o1. The van der Waals surface area contributed by atoms with Crippen molar-refractivity contribution in [3.63, 3.8) is 0 Å². The maximum atomic E-state index is 13.6. The van der Waals surface area contributed by atoms with Gasteiger partial charge in [0.1, 0.15) is 17.1 Å². The summed E-state index contributed by atoms with van der Waals surface area (Å²) in [6.07, 6.45) is 0. The van der Waals surface area contributed by atoms with Crippen LogP contribution >= 0.6 is 34.8 Å². The van der Waals surface area contributed by atoms with Crippen LogP contribution in [-0.4, -0.2) is 46.8 Å². The Balaban J connectivity index is 1.44. The fraction of sp³-hybridized carbons (Fsp3) is 0.200. The molecule has 34 heavy (non-hydrogen) atoms. The van der Waals surface area contributed by atoms with E-state index in [2.05, 4.69) is 10.00 Å². The molecular weight excluding hydrogens is 495 g/mol. The summed E-state index contributed by atoms with van der Waals surface area (Å²) in [6.45, 7) is 4.43. The molecule has 2 aromatic carbocycles. The number of carbonyl (C=O) groups is 1. The second kappa shape index (κ2) is 9.37. The zero-order valence-corrected chi connectivity index (χ0v) is 20.6. The number of halogens is 3. The molecule has 1 aliphatic rings. The van der Waals surface area contributed by atoms with Gasteiger partial charge in [-0.05, 0) is 55.5 Å². The monoisotopic (exact) mass is 514 g/mol. The minimum atomic E-state index is -0.112. The van der Waals surface area contributed by atoms with Crippen molar-refractivity contribution >= 4 is 46.4 Å². The van der Waals surface area contributed by atoms with Crippen LogP contribution in [0.2, 0.25) is 15.1 Å². The third kappa shape index (κ3) is 4.53. The van der Waals surface area contributed by atoms with Crippen molar-refractivity contribution in [2.24, 2.45) is 0 Å². The smallest absolute Gasteiger partial charge is 0.272 e. The molecule has 0 bridgehead atoms. The molecule has 0 atom stereocenters. The van der Waals surface area contributed by atoms with Gasteiger partial charge in [0.05, 0.1) is 15.7 Å². The van der Waals surface area contributed by atoms with Crippen LogP contribution in [0.25, 0.3) is 17.1 Å². The maximum absolute atomic E-state index is 13.6. The van der Waals surface area contributed by atoms with Crippen LogP contribution in [0, 0.1) is 6.92 Å². The van der Waals surface area contributed by atoms with E-state index in [0.29, 0.717) is 64.1 Å². The van der Waals surface area contributed by atoms with Gasteiger partial charge in [-0.15, -0.1) is 0 Å². The second-order valence-electron chi connectivity index (χ2n) is 8.09. The molecule has 3 heterocycles. The quantitative estimate of drug-likeness (QED) is 0.317. The van der Waals surface area contributed by atoms with Crippen LogP contribution in [0.1, 0.15) is 16.2 Å². The molecule has 0 aliphatic carbocycles.